The summed E-state index contributed by atoms with van der Waals surface area (Å²) in [6.07, 6.45) is -0.510. The van der Waals surface area contributed by atoms with Crippen molar-refractivity contribution in [3.05, 3.63) is 33.4 Å². The van der Waals surface area contributed by atoms with Crippen LogP contribution < -0.4 is 0 Å². The molecule has 12 heavy (non-hydrogen) atoms. The van der Waals surface area contributed by atoms with Gasteiger partial charge in [0.05, 0.1) is 6.61 Å². The van der Waals surface area contributed by atoms with E-state index in [1.165, 1.54) is 0 Å². The summed E-state index contributed by atoms with van der Waals surface area (Å²) in [5.74, 6) is 0. The molecule has 3 heteroatoms. The zero-order valence-electron chi connectivity index (χ0n) is 6.83. The maximum atomic E-state index is 9.52. The van der Waals surface area contributed by atoms with E-state index < -0.39 is 6.10 Å². The zero-order valence-corrected chi connectivity index (χ0v) is 8.98. The summed E-state index contributed by atoms with van der Waals surface area (Å²) < 4.78 is 5.97. The highest BCUT2D eigenvalue weighted by molar-refractivity contribution is 14.1. The SMILES string of the molecule is COCC(O)c1cccc(I)c1. The summed E-state index contributed by atoms with van der Waals surface area (Å²) in [5, 5.41) is 9.52. The highest BCUT2D eigenvalue weighted by Crippen LogP contribution is 2.15. The molecular weight excluding hydrogens is 267 g/mol. The minimum Gasteiger partial charge on any atom is -0.386 e. The molecular formula is C9H11IO2. The van der Waals surface area contributed by atoms with Gasteiger partial charge in [-0.15, -0.1) is 0 Å². The third kappa shape index (κ3) is 2.73. The Morgan fingerprint density at radius 2 is 2.33 bits per heavy atom. The Bertz CT molecular complexity index is 250. The Labute approximate surface area is 85.7 Å². The number of aliphatic hydroxyl groups excluding tert-OH is 1. The molecule has 0 aromatic heterocycles. The van der Waals surface area contributed by atoms with E-state index in [1.807, 2.05) is 24.3 Å². The van der Waals surface area contributed by atoms with E-state index in [2.05, 4.69) is 22.6 Å². The molecule has 66 valence electrons. The number of halogens is 1. The molecule has 0 saturated heterocycles. The molecule has 1 N–H and O–H groups in total. The first-order chi connectivity index (χ1) is 5.74. The summed E-state index contributed by atoms with van der Waals surface area (Å²) in [7, 11) is 1.58. The quantitative estimate of drug-likeness (QED) is 0.857. The molecule has 0 radical (unpaired) electrons. The summed E-state index contributed by atoms with van der Waals surface area (Å²) in [4.78, 5) is 0. The summed E-state index contributed by atoms with van der Waals surface area (Å²) in [6.45, 7) is 0.347. The molecule has 1 aromatic rings. The fourth-order valence-electron chi connectivity index (χ4n) is 0.968. The highest BCUT2D eigenvalue weighted by Gasteiger charge is 2.05. The van der Waals surface area contributed by atoms with Crippen LogP contribution in [0.2, 0.25) is 0 Å². The van der Waals surface area contributed by atoms with E-state index in [4.69, 9.17) is 4.74 Å². The fraction of sp³-hybridized carbons (Fsp3) is 0.333. The van der Waals surface area contributed by atoms with E-state index in [0.717, 1.165) is 9.13 Å². The Kier molecular flexibility index (Phi) is 3.97. The first-order valence-corrected chi connectivity index (χ1v) is 4.74. The molecule has 1 unspecified atom stereocenters. The molecule has 0 fully saturated rings. The minimum atomic E-state index is -0.510. The molecule has 0 saturated carbocycles. The van der Waals surface area contributed by atoms with Gasteiger partial charge in [-0.3, -0.25) is 0 Å². The Balaban J connectivity index is 2.73. The monoisotopic (exact) mass is 278 g/mol. The summed E-state index contributed by atoms with van der Waals surface area (Å²) in [6, 6.07) is 7.76. The fourth-order valence-corrected chi connectivity index (χ4v) is 1.54. The molecule has 0 aliphatic carbocycles. The number of benzene rings is 1. The van der Waals surface area contributed by atoms with Crippen molar-refractivity contribution in [2.45, 2.75) is 6.10 Å². The van der Waals surface area contributed by atoms with Crippen LogP contribution in [0, 0.1) is 3.57 Å². The zero-order chi connectivity index (χ0) is 8.97. The lowest BCUT2D eigenvalue weighted by atomic mass is 10.1. The number of methoxy groups -OCH3 is 1. The summed E-state index contributed by atoms with van der Waals surface area (Å²) >= 11 is 2.22. The van der Waals surface area contributed by atoms with Crippen LogP contribution in [0.4, 0.5) is 0 Å². The van der Waals surface area contributed by atoms with Gasteiger partial charge in [0.15, 0.2) is 0 Å². The molecule has 2 nitrogen and oxygen atoms in total. The Hall–Kier alpha value is -0.130. The van der Waals surface area contributed by atoms with Crippen LogP contribution in [-0.4, -0.2) is 18.8 Å². The second-order valence-electron chi connectivity index (χ2n) is 2.53. The minimum absolute atomic E-state index is 0.347. The van der Waals surface area contributed by atoms with Crippen molar-refractivity contribution in [3.8, 4) is 0 Å². The van der Waals surface area contributed by atoms with Crippen LogP contribution in [0.15, 0.2) is 24.3 Å². The first kappa shape index (κ1) is 9.95. The lowest BCUT2D eigenvalue weighted by Gasteiger charge is -2.09. The van der Waals surface area contributed by atoms with Gasteiger partial charge in [-0.2, -0.15) is 0 Å². The molecule has 0 aliphatic rings. The number of hydrogen-bond acceptors (Lipinski definition) is 2. The average Bonchev–Trinajstić information content (AvgIpc) is 2.05. The van der Waals surface area contributed by atoms with Crippen molar-refractivity contribution in [2.24, 2.45) is 0 Å². The topological polar surface area (TPSA) is 29.5 Å². The molecule has 1 aromatic carbocycles. The number of ether oxygens (including phenoxy) is 1. The van der Waals surface area contributed by atoms with Gasteiger partial charge in [-0.1, -0.05) is 12.1 Å². The number of hydrogen-bond donors (Lipinski definition) is 1. The van der Waals surface area contributed by atoms with Crippen molar-refractivity contribution < 1.29 is 9.84 Å². The van der Waals surface area contributed by atoms with Crippen molar-refractivity contribution in [1.29, 1.82) is 0 Å². The van der Waals surface area contributed by atoms with Crippen molar-refractivity contribution in [2.75, 3.05) is 13.7 Å². The lowest BCUT2D eigenvalue weighted by Crippen LogP contribution is -2.04. The molecule has 0 heterocycles. The summed E-state index contributed by atoms with van der Waals surface area (Å²) in [5.41, 5.74) is 0.906. The van der Waals surface area contributed by atoms with Crippen LogP contribution in [0.25, 0.3) is 0 Å². The van der Waals surface area contributed by atoms with Gasteiger partial charge in [0.2, 0.25) is 0 Å². The Morgan fingerprint density at radius 3 is 2.92 bits per heavy atom. The van der Waals surface area contributed by atoms with Gasteiger partial charge < -0.3 is 9.84 Å². The van der Waals surface area contributed by atoms with E-state index in [-0.39, 0.29) is 0 Å². The molecule has 0 spiro atoms. The van der Waals surface area contributed by atoms with Crippen molar-refractivity contribution >= 4 is 22.6 Å². The van der Waals surface area contributed by atoms with Crippen molar-refractivity contribution in [3.63, 3.8) is 0 Å². The third-order valence-electron chi connectivity index (χ3n) is 1.56. The molecule has 0 aliphatic heterocycles. The molecule has 1 rings (SSSR count). The number of aliphatic hydroxyl groups is 1. The third-order valence-corrected chi connectivity index (χ3v) is 2.23. The van der Waals surface area contributed by atoms with Crippen LogP contribution >= 0.6 is 22.6 Å². The van der Waals surface area contributed by atoms with Gasteiger partial charge in [-0.05, 0) is 40.3 Å². The second kappa shape index (κ2) is 4.79. The second-order valence-corrected chi connectivity index (χ2v) is 3.77. The van der Waals surface area contributed by atoms with Gasteiger partial charge >= 0.3 is 0 Å². The maximum Gasteiger partial charge on any atom is 0.102 e. The van der Waals surface area contributed by atoms with Gasteiger partial charge in [0.1, 0.15) is 6.10 Å². The van der Waals surface area contributed by atoms with E-state index in [0.29, 0.717) is 6.61 Å². The predicted octanol–water partition coefficient (Wildman–Crippen LogP) is 1.97. The maximum absolute atomic E-state index is 9.52. The standard InChI is InChI=1S/C9H11IO2/c1-12-6-9(11)7-3-2-4-8(10)5-7/h2-5,9,11H,6H2,1H3. The van der Waals surface area contributed by atoms with Crippen LogP contribution in [-0.2, 0) is 4.74 Å². The molecule has 1 atom stereocenters. The van der Waals surface area contributed by atoms with Gasteiger partial charge in [0.25, 0.3) is 0 Å². The molecule has 0 bridgehead atoms. The largest absolute Gasteiger partial charge is 0.386 e. The van der Waals surface area contributed by atoms with Crippen LogP contribution in [0.5, 0.6) is 0 Å². The smallest absolute Gasteiger partial charge is 0.102 e. The average molecular weight is 278 g/mol. The van der Waals surface area contributed by atoms with Crippen LogP contribution in [0.1, 0.15) is 11.7 Å². The highest BCUT2D eigenvalue weighted by atomic mass is 127. The van der Waals surface area contributed by atoms with Gasteiger partial charge in [-0.25, -0.2) is 0 Å². The number of rotatable bonds is 3. The first-order valence-electron chi connectivity index (χ1n) is 3.66. The normalized spacial score (nSPS) is 12.9. The van der Waals surface area contributed by atoms with E-state index >= 15 is 0 Å². The van der Waals surface area contributed by atoms with E-state index in [1.54, 1.807) is 7.11 Å². The molecule has 0 amide bonds. The lowest BCUT2D eigenvalue weighted by molar-refractivity contribution is 0.0643. The van der Waals surface area contributed by atoms with Crippen LogP contribution in [0.3, 0.4) is 0 Å². The van der Waals surface area contributed by atoms with Crippen molar-refractivity contribution in [1.82, 2.24) is 0 Å². The van der Waals surface area contributed by atoms with Gasteiger partial charge in [0, 0.05) is 10.7 Å². The van der Waals surface area contributed by atoms with E-state index in [9.17, 15) is 5.11 Å². The Morgan fingerprint density at radius 1 is 1.58 bits per heavy atom. The predicted molar refractivity (Wildman–Crippen MR) is 56.0 cm³/mol.